The van der Waals surface area contributed by atoms with E-state index in [1.54, 1.807) is 10.7 Å². The van der Waals surface area contributed by atoms with Gasteiger partial charge in [0.15, 0.2) is 11.5 Å². The van der Waals surface area contributed by atoms with Gasteiger partial charge < -0.3 is 9.84 Å². The summed E-state index contributed by atoms with van der Waals surface area (Å²) in [6.45, 7) is 4.71. The van der Waals surface area contributed by atoms with E-state index in [0.717, 1.165) is 36.5 Å². The van der Waals surface area contributed by atoms with Crippen LogP contribution in [-0.2, 0) is 0 Å². The Bertz CT molecular complexity index is 808. The fourth-order valence-electron chi connectivity index (χ4n) is 2.68. The highest BCUT2D eigenvalue weighted by molar-refractivity contribution is 5.70. The Hall–Kier alpha value is -2.32. The number of aryl methyl sites for hydroxylation is 1. The van der Waals surface area contributed by atoms with Gasteiger partial charge in [-0.25, -0.2) is 9.50 Å². The molecule has 0 saturated carbocycles. The first-order valence-corrected chi connectivity index (χ1v) is 7.28. The predicted molar refractivity (Wildman–Crippen MR) is 79.3 cm³/mol. The zero-order valence-corrected chi connectivity index (χ0v) is 12.5. The minimum absolute atomic E-state index is 0.128. The van der Waals surface area contributed by atoms with Crippen molar-refractivity contribution in [3.63, 3.8) is 0 Å². The fourth-order valence-corrected chi connectivity index (χ4v) is 2.68. The maximum absolute atomic E-state index is 5.45. The molecular weight excluding hydrogens is 282 g/mol. The van der Waals surface area contributed by atoms with Gasteiger partial charge in [0.05, 0.1) is 12.2 Å². The molecule has 22 heavy (non-hydrogen) atoms. The summed E-state index contributed by atoms with van der Waals surface area (Å²) in [4.78, 5) is 11.3. The molecule has 1 saturated heterocycles. The average molecular weight is 299 g/mol. The molecule has 0 amide bonds. The number of piperazine rings is 1. The Kier molecular flexibility index (Phi) is 3.12. The molecule has 4 rings (SSSR count). The molecule has 8 nitrogen and oxygen atoms in total. The Morgan fingerprint density at radius 1 is 1.36 bits per heavy atom. The molecule has 1 atom stereocenters. The van der Waals surface area contributed by atoms with Crippen LogP contribution in [0.1, 0.15) is 17.6 Å². The zero-order chi connectivity index (χ0) is 15.1. The number of hydrogen-bond donors (Lipinski definition) is 1. The van der Waals surface area contributed by atoms with Crippen LogP contribution in [-0.4, -0.2) is 56.3 Å². The molecule has 0 radical (unpaired) electrons. The summed E-state index contributed by atoms with van der Waals surface area (Å²) in [6, 6.07) is 2.04. The van der Waals surface area contributed by atoms with Crippen LogP contribution in [0.15, 0.2) is 23.0 Å². The first kappa shape index (κ1) is 13.4. The van der Waals surface area contributed by atoms with Crippen LogP contribution in [0.2, 0.25) is 0 Å². The van der Waals surface area contributed by atoms with Crippen LogP contribution in [0.25, 0.3) is 17.1 Å². The molecule has 1 aliphatic heterocycles. The third kappa shape index (κ3) is 2.16. The minimum Gasteiger partial charge on any atom is -0.334 e. The normalized spacial score (nSPS) is 19.8. The van der Waals surface area contributed by atoms with Gasteiger partial charge in [-0.05, 0) is 20.0 Å². The second kappa shape index (κ2) is 5.15. The molecule has 0 aromatic carbocycles. The number of nitrogens with one attached hydrogen (secondary N) is 1. The van der Waals surface area contributed by atoms with Crippen LogP contribution in [0.4, 0.5) is 0 Å². The zero-order valence-electron chi connectivity index (χ0n) is 12.5. The second-order valence-electron chi connectivity index (χ2n) is 5.55. The van der Waals surface area contributed by atoms with Crippen LogP contribution in [0.3, 0.4) is 0 Å². The van der Waals surface area contributed by atoms with E-state index in [9.17, 15) is 0 Å². The number of aromatic nitrogens is 5. The van der Waals surface area contributed by atoms with E-state index in [0.29, 0.717) is 11.7 Å². The van der Waals surface area contributed by atoms with Crippen LogP contribution in [0.5, 0.6) is 0 Å². The molecule has 1 N–H and O–H groups in total. The van der Waals surface area contributed by atoms with Gasteiger partial charge >= 0.3 is 0 Å². The van der Waals surface area contributed by atoms with Crippen molar-refractivity contribution in [3.05, 3.63) is 30.0 Å². The van der Waals surface area contributed by atoms with Gasteiger partial charge in [0.1, 0.15) is 5.56 Å². The molecule has 0 bridgehead atoms. The summed E-state index contributed by atoms with van der Waals surface area (Å²) in [6.07, 6.45) is 3.58. The van der Waals surface area contributed by atoms with Gasteiger partial charge in [0.25, 0.3) is 5.89 Å². The van der Waals surface area contributed by atoms with Crippen molar-refractivity contribution in [3.8, 4) is 11.5 Å². The van der Waals surface area contributed by atoms with Gasteiger partial charge in [0.2, 0.25) is 0 Å². The quantitative estimate of drug-likeness (QED) is 0.744. The second-order valence-corrected chi connectivity index (χ2v) is 5.55. The number of rotatable bonds is 2. The molecule has 1 aliphatic rings. The lowest BCUT2D eigenvalue weighted by Gasteiger charge is -2.30. The van der Waals surface area contributed by atoms with E-state index in [-0.39, 0.29) is 6.04 Å². The standard InChI is InChI=1S/C14H17N7O/c1-9-3-5-21-13(17-9)10(7-16-21)14-18-12(19-22-14)11-8-15-4-6-20(11)2/h3,5,7,11,15H,4,6,8H2,1-2H3. The molecule has 0 spiro atoms. The minimum atomic E-state index is 0.128. The van der Waals surface area contributed by atoms with Crippen molar-refractivity contribution < 1.29 is 4.52 Å². The van der Waals surface area contributed by atoms with Gasteiger partial charge in [-0.15, -0.1) is 0 Å². The van der Waals surface area contributed by atoms with Crippen molar-refractivity contribution in [1.82, 2.24) is 35.0 Å². The molecule has 1 fully saturated rings. The smallest absolute Gasteiger partial charge is 0.263 e. The Labute approximate surface area is 127 Å². The van der Waals surface area contributed by atoms with E-state index in [4.69, 9.17) is 4.52 Å². The predicted octanol–water partition coefficient (Wildman–Crippen LogP) is 0.664. The van der Waals surface area contributed by atoms with E-state index in [2.05, 4.69) is 37.5 Å². The van der Waals surface area contributed by atoms with Crippen molar-refractivity contribution in [1.29, 1.82) is 0 Å². The molecule has 114 valence electrons. The van der Waals surface area contributed by atoms with E-state index in [1.165, 1.54) is 0 Å². The fraction of sp³-hybridized carbons (Fsp3) is 0.429. The lowest BCUT2D eigenvalue weighted by Crippen LogP contribution is -2.44. The molecule has 4 heterocycles. The number of fused-ring (bicyclic) bond motifs is 1. The van der Waals surface area contributed by atoms with Gasteiger partial charge in [-0.1, -0.05) is 5.16 Å². The summed E-state index contributed by atoms with van der Waals surface area (Å²) in [7, 11) is 2.07. The molecule has 8 heteroatoms. The van der Waals surface area contributed by atoms with Gasteiger partial charge in [0, 0.05) is 31.5 Å². The van der Waals surface area contributed by atoms with E-state index in [1.807, 2.05) is 19.2 Å². The third-order valence-electron chi connectivity index (χ3n) is 3.99. The highest BCUT2D eigenvalue weighted by Gasteiger charge is 2.26. The SMILES string of the molecule is Cc1ccn2ncc(-c3nc(C4CNCCN4C)no3)c2n1. The van der Waals surface area contributed by atoms with Crippen LogP contribution < -0.4 is 5.32 Å². The summed E-state index contributed by atoms with van der Waals surface area (Å²) in [5, 5.41) is 11.8. The highest BCUT2D eigenvalue weighted by atomic mass is 16.5. The Balaban J connectivity index is 1.72. The largest absolute Gasteiger partial charge is 0.334 e. The van der Waals surface area contributed by atoms with Crippen LogP contribution >= 0.6 is 0 Å². The molecular formula is C14H17N7O. The highest BCUT2D eigenvalue weighted by Crippen LogP contribution is 2.25. The summed E-state index contributed by atoms with van der Waals surface area (Å²) < 4.78 is 7.16. The van der Waals surface area contributed by atoms with Crippen molar-refractivity contribution >= 4 is 5.65 Å². The van der Waals surface area contributed by atoms with Crippen molar-refractivity contribution in [2.45, 2.75) is 13.0 Å². The van der Waals surface area contributed by atoms with Gasteiger partial charge in [-0.3, -0.25) is 4.90 Å². The van der Waals surface area contributed by atoms with Crippen LogP contribution in [0, 0.1) is 6.92 Å². The lowest BCUT2D eigenvalue weighted by molar-refractivity contribution is 0.190. The molecule has 3 aromatic heterocycles. The van der Waals surface area contributed by atoms with E-state index >= 15 is 0 Å². The Morgan fingerprint density at radius 3 is 3.14 bits per heavy atom. The maximum Gasteiger partial charge on any atom is 0.263 e. The molecule has 0 aliphatic carbocycles. The number of nitrogens with zero attached hydrogens (tertiary/aromatic N) is 6. The lowest BCUT2D eigenvalue weighted by atomic mass is 10.2. The molecule has 1 unspecified atom stereocenters. The summed E-state index contributed by atoms with van der Waals surface area (Å²) in [5.41, 5.74) is 2.41. The average Bonchev–Trinajstić information content (AvgIpc) is 3.13. The number of hydrogen-bond acceptors (Lipinski definition) is 7. The van der Waals surface area contributed by atoms with Crippen molar-refractivity contribution in [2.75, 3.05) is 26.7 Å². The summed E-state index contributed by atoms with van der Waals surface area (Å²) in [5.74, 6) is 1.15. The topological polar surface area (TPSA) is 84.4 Å². The monoisotopic (exact) mass is 299 g/mol. The first-order chi connectivity index (χ1) is 10.7. The molecule has 3 aromatic rings. The summed E-state index contributed by atoms with van der Waals surface area (Å²) >= 11 is 0. The third-order valence-corrected chi connectivity index (χ3v) is 3.99. The number of likely N-dealkylation sites (N-methyl/N-ethyl adjacent to an activating group) is 1. The first-order valence-electron chi connectivity index (χ1n) is 7.28. The van der Waals surface area contributed by atoms with Gasteiger partial charge in [-0.2, -0.15) is 10.1 Å². The maximum atomic E-state index is 5.45. The van der Waals surface area contributed by atoms with E-state index < -0.39 is 0 Å². The van der Waals surface area contributed by atoms with Crippen molar-refractivity contribution in [2.24, 2.45) is 0 Å². The Morgan fingerprint density at radius 2 is 2.27 bits per heavy atom.